The van der Waals surface area contributed by atoms with Gasteiger partial charge in [-0.05, 0) is 43.5 Å². The predicted molar refractivity (Wildman–Crippen MR) is 68.0 cm³/mol. The van der Waals surface area contributed by atoms with Crippen molar-refractivity contribution in [3.63, 3.8) is 0 Å². The first-order chi connectivity index (χ1) is 7.86. The molecule has 1 fully saturated rings. The van der Waals surface area contributed by atoms with Crippen LogP contribution in [0, 0.1) is 5.92 Å². The molecule has 86 valence electrons. The Bertz CT molecular complexity index is 369. The smallest absolute Gasteiger partial charge is 0.0400 e. The number of nitrogens with zero attached hydrogens (tertiary/aromatic N) is 1. The number of anilines is 1. The van der Waals surface area contributed by atoms with Gasteiger partial charge in [-0.15, -0.1) is 0 Å². The molecule has 1 aromatic carbocycles. The highest BCUT2D eigenvalue weighted by Crippen LogP contribution is 2.41. The lowest BCUT2D eigenvalue weighted by atomic mass is 9.83. The molecule has 3 rings (SSSR count). The van der Waals surface area contributed by atoms with Gasteiger partial charge in [0.1, 0.15) is 0 Å². The fourth-order valence-corrected chi connectivity index (χ4v) is 3.27. The van der Waals surface area contributed by atoms with E-state index in [2.05, 4.69) is 41.5 Å². The molecule has 1 aromatic rings. The van der Waals surface area contributed by atoms with Crippen molar-refractivity contribution in [2.75, 3.05) is 31.6 Å². The maximum atomic E-state index is 3.54. The number of nitrogens with one attached hydrogen (secondary N) is 1. The third kappa shape index (κ3) is 1.61. The number of fused-ring (bicyclic) bond motifs is 1. The van der Waals surface area contributed by atoms with Crippen molar-refractivity contribution >= 4 is 5.69 Å². The summed E-state index contributed by atoms with van der Waals surface area (Å²) in [7, 11) is 2.22. The minimum absolute atomic E-state index is 0.744. The summed E-state index contributed by atoms with van der Waals surface area (Å²) < 4.78 is 0. The zero-order valence-corrected chi connectivity index (χ0v) is 9.95. The molecule has 2 unspecified atom stereocenters. The lowest BCUT2D eigenvalue weighted by Crippen LogP contribution is -2.34. The fraction of sp³-hybridized carbons (Fsp3) is 0.571. The van der Waals surface area contributed by atoms with Crippen LogP contribution in [0.2, 0.25) is 0 Å². The first-order valence-electron chi connectivity index (χ1n) is 6.37. The molecule has 16 heavy (non-hydrogen) atoms. The highest BCUT2D eigenvalue weighted by Gasteiger charge is 2.32. The van der Waals surface area contributed by atoms with Crippen LogP contribution >= 0.6 is 0 Å². The molecule has 0 aliphatic carbocycles. The zero-order valence-electron chi connectivity index (χ0n) is 9.95. The number of para-hydroxylation sites is 1. The van der Waals surface area contributed by atoms with E-state index in [4.69, 9.17) is 0 Å². The van der Waals surface area contributed by atoms with Crippen molar-refractivity contribution in [2.45, 2.75) is 18.8 Å². The third-order valence-electron chi connectivity index (χ3n) is 4.12. The van der Waals surface area contributed by atoms with E-state index in [9.17, 15) is 0 Å². The molecular weight excluding hydrogens is 196 g/mol. The van der Waals surface area contributed by atoms with Crippen LogP contribution in [0.5, 0.6) is 0 Å². The second kappa shape index (κ2) is 4.10. The number of piperidine rings is 1. The highest BCUT2D eigenvalue weighted by molar-refractivity contribution is 5.59. The topological polar surface area (TPSA) is 15.3 Å². The van der Waals surface area contributed by atoms with Gasteiger partial charge in [0.25, 0.3) is 0 Å². The van der Waals surface area contributed by atoms with Gasteiger partial charge in [0.15, 0.2) is 0 Å². The van der Waals surface area contributed by atoms with Gasteiger partial charge < -0.3 is 10.2 Å². The molecule has 2 aliphatic rings. The summed E-state index contributed by atoms with van der Waals surface area (Å²) in [6, 6.07) is 8.90. The molecule has 1 saturated heterocycles. The van der Waals surface area contributed by atoms with E-state index in [1.807, 2.05) is 0 Å². The van der Waals surface area contributed by atoms with Gasteiger partial charge in [-0.2, -0.15) is 0 Å². The van der Waals surface area contributed by atoms with Crippen LogP contribution in [0.4, 0.5) is 5.69 Å². The summed E-state index contributed by atoms with van der Waals surface area (Å²) in [6.07, 6.45) is 2.73. The first kappa shape index (κ1) is 10.2. The van der Waals surface area contributed by atoms with Crippen LogP contribution in [-0.2, 0) is 0 Å². The van der Waals surface area contributed by atoms with Gasteiger partial charge in [0, 0.05) is 25.2 Å². The number of hydrogen-bond donors (Lipinski definition) is 1. The summed E-state index contributed by atoms with van der Waals surface area (Å²) in [6.45, 7) is 3.61. The molecule has 0 radical (unpaired) electrons. The van der Waals surface area contributed by atoms with Gasteiger partial charge in [-0.25, -0.2) is 0 Å². The highest BCUT2D eigenvalue weighted by atomic mass is 15.1. The summed E-state index contributed by atoms with van der Waals surface area (Å²) in [5, 5.41) is 3.54. The van der Waals surface area contributed by atoms with Crippen LogP contribution in [0.25, 0.3) is 0 Å². The number of rotatable bonds is 1. The fourth-order valence-electron chi connectivity index (χ4n) is 3.27. The second-order valence-corrected chi connectivity index (χ2v) is 5.15. The molecule has 2 atom stereocenters. The van der Waals surface area contributed by atoms with Crippen molar-refractivity contribution < 1.29 is 0 Å². The zero-order chi connectivity index (χ0) is 11.0. The number of benzene rings is 1. The number of hydrogen-bond acceptors (Lipinski definition) is 2. The molecule has 2 heterocycles. The molecular formula is C14H20N2. The molecule has 1 N–H and O–H groups in total. The molecule has 0 saturated carbocycles. The predicted octanol–water partition coefficient (Wildman–Crippen LogP) is 2.22. The van der Waals surface area contributed by atoms with Crippen LogP contribution in [0.15, 0.2) is 24.3 Å². The summed E-state index contributed by atoms with van der Waals surface area (Å²) in [5.74, 6) is 1.58. The van der Waals surface area contributed by atoms with Crippen LogP contribution in [-0.4, -0.2) is 26.7 Å². The Balaban J connectivity index is 1.87. The summed E-state index contributed by atoms with van der Waals surface area (Å²) in [4.78, 5) is 2.41. The Hall–Kier alpha value is -1.02. The molecule has 2 nitrogen and oxygen atoms in total. The lowest BCUT2D eigenvalue weighted by molar-refractivity contribution is 0.331. The Labute approximate surface area is 97.6 Å². The van der Waals surface area contributed by atoms with Crippen LogP contribution in [0.3, 0.4) is 0 Å². The standard InChI is InChI=1S/C14H20N2/c1-16-10-13(11-5-4-8-15-9-11)12-6-2-3-7-14(12)16/h2-3,6-7,11,13,15H,4-5,8-10H2,1H3. The van der Waals surface area contributed by atoms with E-state index >= 15 is 0 Å². The maximum Gasteiger partial charge on any atom is 0.0400 e. The maximum absolute atomic E-state index is 3.54. The van der Waals surface area contributed by atoms with Crippen molar-refractivity contribution in [1.29, 1.82) is 0 Å². The second-order valence-electron chi connectivity index (χ2n) is 5.15. The van der Waals surface area contributed by atoms with E-state index in [0.717, 1.165) is 11.8 Å². The Kier molecular flexibility index (Phi) is 2.60. The van der Waals surface area contributed by atoms with Crippen LogP contribution < -0.4 is 10.2 Å². The van der Waals surface area contributed by atoms with Crippen molar-refractivity contribution in [2.24, 2.45) is 5.92 Å². The Morgan fingerprint density at radius 2 is 2.19 bits per heavy atom. The molecule has 0 bridgehead atoms. The SMILES string of the molecule is CN1CC(C2CCCNC2)c2ccccc21. The van der Waals surface area contributed by atoms with E-state index < -0.39 is 0 Å². The third-order valence-corrected chi connectivity index (χ3v) is 4.12. The van der Waals surface area contributed by atoms with E-state index in [0.29, 0.717) is 0 Å². The average Bonchev–Trinajstić information content (AvgIpc) is 2.69. The molecule has 2 aliphatic heterocycles. The average molecular weight is 216 g/mol. The Morgan fingerprint density at radius 1 is 1.31 bits per heavy atom. The monoisotopic (exact) mass is 216 g/mol. The van der Waals surface area contributed by atoms with Gasteiger partial charge in [-0.1, -0.05) is 18.2 Å². The molecule has 0 amide bonds. The first-order valence-corrected chi connectivity index (χ1v) is 6.37. The van der Waals surface area contributed by atoms with Crippen LogP contribution in [0.1, 0.15) is 24.3 Å². The van der Waals surface area contributed by atoms with E-state index in [-0.39, 0.29) is 0 Å². The van der Waals surface area contributed by atoms with E-state index in [1.54, 1.807) is 5.56 Å². The normalized spacial score (nSPS) is 29.2. The Morgan fingerprint density at radius 3 is 3.00 bits per heavy atom. The van der Waals surface area contributed by atoms with E-state index in [1.165, 1.54) is 38.2 Å². The van der Waals surface area contributed by atoms with Gasteiger partial charge in [0.05, 0.1) is 0 Å². The van der Waals surface area contributed by atoms with Crippen molar-refractivity contribution in [1.82, 2.24) is 5.32 Å². The lowest BCUT2D eigenvalue weighted by Gasteiger charge is -2.28. The summed E-state index contributed by atoms with van der Waals surface area (Å²) >= 11 is 0. The van der Waals surface area contributed by atoms with Gasteiger partial charge in [0.2, 0.25) is 0 Å². The minimum Gasteiger partial charge on any atom is -0.374 e. The molecule has 0 aromatic heterocycles. The van der Waals surface area contributed by atoms with Crippen molar-refractivity contribution in [3.05, 3.63) is 29.8 Å². The minimum atomic E-state index is 0.744. The van der Waals surface area contributed by atoms with Crippen molar-refractivity contribution in [3.8, 4) is 0 Å². The van der Waals surface area contributed by atoms with Gasteiger partial charge in [-0.3, -0.25) is 0 Å². The van der Waals surface area contributed by atoms with Gasteiger partial charge >= 0.3 is 0 Å². The quantitative estimate of drug-likeness (QED) is 0.774. The number of likely N-dealkylation sites (N-methyl/N-ethyl adjacent to an activating group) is 1. The molecule has 0 spiro atoms. The largest absolute Gasteiger partial charge is 0.374 e. The summed E-state index contributed by atoms with van der Waals surface area (Å²) in [5.41, 5.74) is 3.01. The molecule has 2 heteroatoms.